The summed E-state index contributed by atoms with van der Waals surface area (Å²) < 4.78 is 11.6. The first kappa shape index (κ1) is 32.3. The van der Waals surface area contributed by atoms with Crippen LogP contribution < -0.4 is 20.7 Å². The van der Waals surface area contributed by atoms with E-state index in [4.69, 9.17) is 9.47 Å². The molecule has 3 amide bonds. The average Bonchev–Trinajstić information content (AvgIpc) is 3.39. The summed E-state index contributed by atoms with van der Waals surface area (Å²) in [6.07, 6.45) is -0.462. The van der Waals surface area contributed by atoms with Crippen molar-refractivity contribution in [2.45, 2.75) is 51.3 Å². The smallest absolute Gasteiger partial charge is 0.407 e. The van der Waals surface area contributed by atoms with Crippen LogP contribution in [0, 0.1) is 5.92 Å². The van der Waals surface area contributed by atoms with Crippen molar-refractivity contribution in [3.63, 3.8) is 0 Å². The van der Waals surface area contributed by atoms with E-state index < -0.39 is 23.6 Å². The molecule has 4 aromatic rings. The largest absolute Gasteiger partial charge is 0.489 e. The van der Waals surface area contributed by atoms with Crippen LogP contribution in [0.5, 0.6) is 5.75 Å². The molecular weight excluding hydrogens is 578 g/mol. The van der Waals surface area contributed by atoms with Gasteiger partial charge in [-0.1, -0.05) is 105 Å². The van der Waals surface area contributed by atoms with Crippen molar-refractivity contribution in [3.8, 4) is 16.9 Å². The number of amides is 3. The SMILES string of the molecule is CNC(=O)[C@@](C)(Cc1ccc(OCc2ccccc2)cc1)NC(=O)[C@@H](NC(=O)OCC1c2ccccc2-c2ccccc21)C(C)C. The molecule has 0 unspecified atom stereocenters. The van der Waals surface area contributed by atoms with E-state index in [9.17, 15) is 14.4 Å². The third-order valence-corrected chi connectivity index (χ3v) is 8.42. The summed E-state index contributed by atoms with van der Waals surface area (Å²) in [5, 5.41) is 8.32. The number of rotatable bonds is 12. The quantitative estimate of drug-likeness (QED) is 0.181. The molecule has 2 atom stereocenters. The third kappa shape index (κ3) is 7.40. The zero-order valence-electron chi connectivity index (χ0n) is 26.7. The van der Waals surface area contributed by atoms with Crippen LogP contribution in [-0.2, 0) is 27.4 Å². The Kier molecular flexibility index (Phi) is 10.1. The van der Waals surface area contributed by atoms with Gasteiger partial charge in [0.15, 0.2) is 0 Å². The highest BCUT2D eigenvalue weighted by Gasteiger charge is 2.38. The first-order valence-electron chi connectivity index (χ1n) is 15.6. The third-order valence-electron chi connectivity index (χ3n) is 8.42. The van der Waals surface area contributed by atoms with E-state index in [-0.39, 0.29) is 30.8 Å². The van der Waals surface area contributed by atoms with Crippen molar-refractivity contribution in [2.24, 2.45) is 5.92 Å². The van der Waals surface area contributed by atoms with Gasteiger partial charge in [0.2, 0.25) is 11.8 Å². The zero-order chi connectivity index (χ0) is 32.7. The Morgan fingerprint density at radius 1 is 0.783 bits per heavy atom. The number of hydrogen-bond acceptors (Lipinski definition) is 5. The highest BCUT2D eigenvalue weighted by atomic mass is 16.5. The van der Waals surface area contributed by atoms with Crippen molar-refractivity contribution in [3.05, 3.63) is 125 Å². The number of nitrogens with one attached hydrogen (secondary N) is 3. The van der Waals surface area contributed by atoms with Gasteiger partial charge in [0, 0.05) is 19.4 Å². The predicted molar refractivity (Wildman–Crippen MR) is 178 cm³/mol. The van der Waals surface area contributed by atoms with E-state index in [1.54, 1.807) is 6.92 Å². The highest BCUT2D eigenvalue weighted by molar-refractivity contribution is 5.94. The molecule has 3 N–H and O–H groups in total. The summed E-state index contributed by atoms with van der Waals surface area (Å²) in [6, 6.07) is 32.6. The number of ether oxygens (including phenoxy) is 2. The molecule has 5 rings (SSSR count). The van der Waals surface area contributed by atoms with Gasteiger partial charge in [0.05, 0.1) is 0 Å². The maximum absolute atomic E-state index is 13.6. The maximum Gasteiger partial charge on any atom is 0.407 e. The van der Waals surface area contributed by atoms with Crippen molar-refractivity contribution in [2.75, 3.05) is 13.7 Å². The Hall–Kier alpha value is -5.11. The number of carbonyl (C=O) groups is 3. The molecule has 0 spiro atoms. The molecule has 0 aliphatic heterocycles. The second-order valence-electron chi connectivity index (χ2n) is 12.2. The van der Waals surface area contributed by atoms with E-state index in [1.807, 2.05) is 92.7 Å². The maximum atomic E-state index is 13.6. The summed E-state index contributed by atoms with van der Waals surface area (Å²) in [5.41, 5.74) is 5.09. The summed E-state index contributed by atoms with van der Waals surface area (Å²) in [5.74, 6) is -0.497. The van der Waals surface area contributed by atoms with Gasteiger partial charge in [-0.05, 0) is 58.4 Å². The van der Waals surface area contributed by atoms with Crippen molar-refractivity contribution in [1.29, 1.82) is 0 Å². The average molecular weight is 620 g/mol. The lowest BCUT2D eigenvalue weighted by Crippen LogP contribution is -2.62. The summed E-state index contributed by atoms with van der Waals surface area (Å²) in [7, 11) is 1.53. The lowest BCUT2D eigenvalue weighted by atomic mass is 9.90. The Balaban J connectivity index is 1.21. The second kappa shape index (κ2) is 14.3. The van der Waals surface area contributed by atoms with Gasteiger partial charge in [-0.3, -0.25) is 9.59 Å². The molecule has 0 heterocycles. The highest BCUT2D eigenvalue weighted by Crippen LogP contribution is 2.44. The minimum absolute atomic E-state index is 0.101. The van der Waals surface area contributed by atoms with E-state index in [1.165, 1.54) is 7.05 Å². The summed E-state index contributed by atoms with van der Waals surface area (Å²) in [6.45, 7) is 5.92. The van der Waals surface area contributed by atoms with Gasteiger partial charge in [0.25, 0.3) is 0 Å². The number of benzene rings is 4. The van der Waals surface area contributed by atoms with E-state index in [0.717, 1.165) is 33.4 Å². The molecule has 238 valence electrons. The molecule has 0 saturated heterocycles. The molecule has 0 saturated carbocycles. The zero-order valence-corrected chi connectivity index (χ0v) is 26.7. The monoisotopic (exact) mass is 619 g/mol. The Labute approximate surface area is 270 Å². The molecule has 0 aromatic heterocycles. The molecule has 1 aliphatic carbocycles. The van der Waals surface area contributed by atoms with Crippen LogP contribution in [0.25, 0.3) is 11.1 Å². The van der Waals surface area contributed by atoms with Crippen molar-refractivity contribution < 1.29 is 23.9 Å². The molecule has 0 fully saturated rings. The molecule has 1 aliphatic rings. The fraction of sp³-hybridized carbons (Fsp3) is 0.289. The first-order valence-corrected chi connectivity index (χ1v) is 15.6. The van der Waals surface area contributed by atoms with Crippen LogP contribution in [0.4, 0.5) is 4.79 Å². The van der Waals surface area contributed by atoms with Gasteiger partial charge in [-0.15, -0.1) is 0 Å². The van der Waals surface area contributed by atoms with Crippen LogP contribution in [0.15, 0.2) is 103 Å². The van der Waals surface area contributed by atoms with Gasteiger partial charge < -0.3 is 25.4 Å². The number of likely N-dealkylation sites (N-methyl/N-ethyl adjacent to an activating group) is 1. The topological polar surface area (TPSA) is 106 Å². The van der Waals surface area contributed by atoms with E-state index in [0.29, 0.717) is 12.4 Å². The molecule has 4 aromatic carbocycles. The van der Waals surface area contributed by atoms with Crippen LogP contribution >= 0.6 is 0 Å². The Morgan fingerprint density at radius 3 is 1.96 bits per heavy atom. The standard InChI is InChI=1S/C38H41N3O5/c1-25(2)34(40-37(44)46-24-33-31-16-10-8-14-29(31)30-15-9-11-17-32(30)33)35(42)41-38(3,36(43)39-4)22-26-18-20-28(21-19-26)45-23-27-12-6-5-7-13-27/h5-21,25,33-34H,22-24H2,1-4H3,(H,39,43)(H,40,44)(H,41,42)/t34-,38+/m0/s1. The minimum Gasteiger partial charge on any atom is -0.489 e. The second-order valence-corrected chi connectivity index (χ2v) is 12.2. The van der Waals surface area contributed by atoms with E-state index >= 15 is 0 Å². The van der Waals surface area contributed by atoms with Gasteiger partial charge in [-0.2, -0.15) is 0 Å². The minimum atomic E-state index is -1.28. The van der Waals surface area contributed by atoms with Crippen LogP contribution in [0.2, 0.25) is 0 Å². The normalized spacial score (nSPS) is 13.9. The molecule has 46 heavy (non-hydrogen) atoms. The fourth-order valence-corrected chi connectivity index (χ4v) is 5.96. The first-order chi connectivity index (χ1) is 22.2. The van der Waals surface area contributed by atoms with Gasteiger partial charge in [-0.25, -0.2) is 4.79 Å². The van der Waals surface area contributed by atoms with Gasteiger partial charge in [0.1, 0.15) is 30.5 Å². The van der Waals surface area contributed by atoms with Gasteiger partial charge >= 0.3 is 6.09 Å². The summed E-state index contributed by atoms with van der Waals surface area (Å²) in [4.78, 5) is 39.8. The molecule has 8 nitrogen and oxygen atoms in total. The predicted octanol–water partition coefficient (Wildman–Crippen LogP) is 5.99. The van der Waals surface area contributed by atoms with Crippen LogP contribution in [-0.4, -0.2) is 43.1 Å². The van der Waals surface area contributed by atoms with Crippen molar-refractivity contribution in [1.82, 2.24) is 16.0 Å². The lowest BCUT2D eigenvalue weighted by Gasteiger charge is -2.32. The Bertz CT molecular complexity index is 1630. The van der Waals surface area contributed by atoms with Crippen LogP contribution in [0.3, 0.4) is 0 Å². The number of carbonyl (C=O) groups excluding carboxylic acids is 3. The number of fused-ring (bicyclic) bond motifs is 3. The number of alkyl carbamates (subject to hydrolysis) is 1. The lowest BCUT2D eigenvalue weighted by molar-refractivity contribution is -0.134. The van der Waals surface area contributed by atoms with Crippen LogP contribution in [0.1, 0.15) is 48.9 Å². The Morgan fingerprint density at radius 2 is 1.37 bits per heavy atom. The molecular formula is C38H41N3O5. The fourth-order valence-electron chi connectivity index (χ4n) is 5.96. The summed E-state index contributed by atoms with van der Waals surface area (Å²) >= 11 is 0. The number of hydrogen-bond donors (Lipinski definition) is 3. The van der Waals surface area contributed by atoms with Crippen molar-refractivity contribution >= 4 is 17.9 Å². The molecule has 0 radical (unpaired) electrons. The molecule has 0 bridgehead atoms. The van der Waals surface area contributed by atoms with E-state index in [2.05, 4.69) is 40.2 Å². The molecule has 8 heteroatoms.